The predicted octanol–water partition coefficient (Wildman–Crippen LogP) is 2.32. The van der Waals surface area contributed by atoms with Crippen molar-refractivity contribution in [3.05, 3.63) is 13.8 Å². The van der Waals surface area contributed by atoms with Crippen LogP contribution in [0.25, 0.3) is 0 Å². The molecular weight excluding hydrogens is 238 g/mol. The summed E-state index contributed by atoms with van der Waals surface area (Å²) in [6.07, 6.45) is 2.04. The molecule has 0 aromatic carbocycles. The zero-order valence-corrected chi connectivity index (χ0v) is 14.2. The molecule has 3 heteroatoms. The maximum Gasteiger partial charge on any atom is 2.00 e. The fourth-order valence-corrected chi connectivity index (χ4v) is 0.856. The van der Waals surface area contributed by atoms with Crippen molar-refractivity contribution < 1.29 is 19.5 Å². The third-order valence-corrected chi connectivity index (χ3v) is 2.16. The summed E-state index contributed by atoms with van der Waals surface area (Å²) in [5.74, 6) is 0. The van der Waals surface area contributed by atoms with Crippen LogP contribution >= 0.6 is 0 Å². The minimum atomic E-state index is 0. The summed E-state index contributed by atoms with van der Waals surface area (Å²) < 4.78 is 0. The predicted molar refractivity (Wildman–Crippen MR) is 66.3 cm³/mol. The average Bonchev–Trinajstić information content (AvgIpc) is 2.19. The second-order valence-electron chi connectivity index (χ2n) is 3.50. The van der Waals surface area contributed by atoms with E-state index in [-0.39, 0.29) is 19.5 Å². The van der Waals surface area contributed by atoms with Crippen molar-refractivity contribution in [2.45, 2.75) is 26.7 Å². The molecule has 0 aromatic rings. The molecule has 0 bridgehead atoms. The average molecular weight is 266 g/mol. The number of rotatable bonds is 6. The van der Waals surface area contributed by atoms with Gasteiger partial charge in [0.2, 0.25) is 0 Å². The van der Waals surface area contributed by atoms with E-state index in [4.69, 9.17) is 0 Å². The van der Waals surface area contributed by atoms with Gasteiger partial charge in [0.25, 0.3) is 0 Å². The molecular formula is C12H28N2Zn. The van der Waals surface area contributed by atoms with E-state index in [0.717, 1.165) is 39.0 Å². The van der Waals surface area contributed by atoms with Gasteiger partial charge < -0.3 is 23.6 Å². The molecule has 0 saturated carbocycles. The Morgan fingerprint density at radius 2 is 1.07 bits per heavy atom. The second-order valence-corrected chi connectivity index (χ2v) is 3.50. The Balaban J connectivity index is -0.000000180. The molecule has 0 heterocycles. The Kier molecular flexibility index (Phi) is 23.6. The van der Waals surface area contributed by atoms with Crippen molar-refractivity contribution in [2.24, 2.45) is 0 Å². The molecule has 0 fully saturated rings. The molecule has 15 heavy (non-hydrogen) atoms. The van der Waals surface area contributed by atoms with Crippen LogP contribution in [0.1, 0.15) is 26.7 Å². The van der Waals surface area contributed by atoms with Crippen LogP contribution in [0.4, 0.5) is 0 Å². The smallest absolute Gasteiger partial charge is 0.342 e. The van der Waals surface area contributed by atoms with Crippen LogP contribution in [0, 0.1) is 13.8 Å². The Morgan fingerprint density at radius 3 is 1.13 bits per heavy atom. The van der Waals surface area contributed by atoms with Gasteiger partial charge in [-0.2, -0.15) is 12.8 Å². The van der Waals surface area contributed by atoms with Crippen molar-refractivity contribution in [3.8, 4) is 0 Å². The van der Waals surface area contributed by atoms with E-state index in [2.05, 4.69) is 51.6 Å². The molecule has 0 N–H and O–H groups in total. The fraction of sp³-hybridized carbons (Fsp3) is 0.833. The molecule has 0 aliphatic carbocycles. The quantitative estimate of drug-likeness (QED) is 0.537. The van der Waals surface area contributed by atoms with Gasteiger partial charge >= 0.3 is 19.5 Å². The molecule has 0 aliphatic heterocycles. The normalized spacial score (nSPS) is 9.60. The van der Waals surface area contributed by atoms with E-state index in [1.165, 1.54) is 0 Å². The first-order valence-electron chi connectivity index (χ1n) is 5.57. The third-order valence-electron chi connectivity index (χ3n) is 2.16. The summed E-state index contributed by atoms with van der Waals surface area (Å²) >= 11 is 0. The molecule has 0 aliphatic rings. The standard InChI is InChI=1S/2C6H14N.Zn/c2*1-4-6-7(3)5-2;/h2*1,4-6H2,2-3H3;/q2*-1;+2. The van der Waals surface area contributed by atoms with Crippen LogP contribution in [0.5, 0.6) is 0 Å². The first-order valence-corrected chi connectivity index (χ1v) is 5.57. The monoisotopic (exact) mass is 264 g/mol. The summed E-state index contributed by atoms with van der Waals surface area (Å²) in [6.45, 7) is 16.3. The van der Waals surface area contributed by atoms with Crippen LogP contribution in [-0.2, 0) is 19.5 Å². The van der Waals surface area contributed by atoms with Crippen molar-refractivity contribution in [2.75, 3.05) is 40.3 Å². The molecule has 0 radical (unpaired) electrons. The zero-order chi connectivity index (χ0) is 11.4. The Hall–Kier alpha value is 0.543. The molecule has 0 unspecified atom stereocenters. The van der Waals surface area contributed by atoms with Gasteiger partial charge in [-0.1, -0.05) is 13.8 Å². The molecule has 0 rings (SSSR count). The van der Waals surface area contributed by atoms with Crippen molar-refractivity contribution >= 4 is 0 Å². The first-order chi connectivity index (χ1) is 6.62. The van der Waals surface area contributed by atoms with Gasteiger partial charge in [-0.15, -0.1) is 0 Å². The van der Waals surface area contributed by atoms with Gasteiger partial charge in [-0.05, 0) is 40.3 Å². The van der Waals surface area contributed by atoms with E-state index in [9.17, 15) is 0 Å². The molecule has 0 amide bonds. The van der Waals surface area contributed by atoms with Gasteiger partial charge in [-0.3, -0.25) is 0 Å². The molecule has 2 nitrogen and oxygen atoms in total. The third kappa shape index (κ3) is 20.6. The van der Waals surface area contributed by atoms with E-state index >= 15 is 0 Å². The molecule has 88 valence electrons. The second kappa shape index (κ2) is 17.0. The summed E-state index contributed by atoms with van der Waals surface area (Å²) in [5.41, 5.74) is 0. The summed E-state index contributed by atoms with van der Waals surface area (Å²) in [4.78, 5) is 4.49. The van der Waals surface area contributed by atoms with Gasteiger partial charge in [-0.25, -0.2) is 0 Å². The van der Waals surface area contributed by atoms with Crippen LogP contribution in [-0.4, -0.2) is 50.1 Å². The van der Waals surface area contributed by atoms with Crippen LogP contribution in [0.3, 0.4) is 0 Å². The number of nitrogens with zero attached hydrogens (tertiary/aromatic N) is 2. The molecule has 0 atom stereocenters. The van der Waals surface area contributed by atoms with Crippen LogP contribution < -0.4 is 0 Å². The Bertz CT molecular complexity index is 87.6. The topological polar surface area (TPSA) is 6.48 Å². The Labute approximate surface area is 110 Å². The fourth-order valence-electron chi connectivity index (χ4n) is 0.856. The SMILES string of the molecule is [CH2-]CCN(C)CC.[CH2-]CCN(C)CC.[Zn+2]. The first kappa shape index (κ1) is 20.9. The largest absolute Gasteiger partial charge is 2.00 e. The molecule has 0 aromatic heterocycles. The van der Waals surface area contributed by atoms with Gasteiger partial charge in [0, 0.05) is 0 Å². The van der Waals surface area contributed by atoms with E-state index in [0.29, 0.717) is 0 Å². The number of hydrogen-bond acceptors (Lipinski definition) is 2. The minimum Gasteiger partial charge on any atom is -0.342 e. The minimum absolute atomic E-state index is 0. The van der Waals surface area contributed by atoms with Gasteiger partial charge in [0.05, 0.1) is 0 Å². The maximum atomic E-state index is 3.73. The molecule has 0 saturated heterocycles. The Morgan fingerprint density at radius 1 is 0.800 bits per heavy atom. The van der Waals surface area contributed by atoms with Crippen molar-refractivity contribution in [1.29, 1.82) is 0 Å². The zero-order valence-electron chi connectivity index (χ0n) is 11.3. The summed E-state index contributed by atoms with van der Waals surface area (Å²) in [7, 11) is 4.20. The molecule has 0 spiro atoms. The summed E-state index contributed by atoms with van der Waals surface area (Å²) in [5, 5.41) is 0. The van der Waals surface area contributed by atoms with Crippen LogP contribution in [0.2, 0.25) is 0 Å². The van der Waals surface area contributed by atoms with Crippen LogP contribution in [0.15, 0.2) is 0 Å². The van der Waals surface area contributed by atoms with Crippen molar-refractivity contribution in [1.82, 2.24) is 9.80 Å². The van der Waals surface area contributed by atoms with Gasteiger partial charge in [0.15, 0.2) is 0 Å². The number of hydrogen-bond donors (Lipinski definition) is 0. The summed E-state index contributed by atoms with van der Waals surface area (Å²) in [6, 6.07) is 0. The van der Waals surface area contributed by atoms with E-state index in [1.807, 2.05) is 0 Å². The maximum absolute atomic E-state index is 3.73. The van der Waals surface area contributed by atoms with E-state index in [1.54, 1.807) is 0 Å². The van der Waals surface area contributed by atoms with E-state index < -0.39 is 0 Å². The van der Waals surface area contributed by atoms with Crippen molar-refractivity contribution in [3.63, 3.8) is 0 Å². The van der Waals surface area contributed by atoms with Gasteiger partial charge in [0.1, 0.15) is 0 Å².